The van der Waals surface area contributed by atoms with Crippen molar-refractivity contribution in [2.45, 2.75) is 33.2 Å². The van der Waals surface area contributed by atoms with E-state index in [2.05, 4.69) is 63.3 Å². The minimum atomic E-state index is 0. The number of hydrogen-bond donors (Lipinski definition) is 2. The third kappa shape index (κ3) is 9.54. The molecular formula is C21H34IN5O. The lowest BCUT2D eigenvalue weighted by Crippen LogP contribution is -2.40. The monoisotopic (exact) mass is 499 g/mol. The normalized spacial score (nSPS) is 11.4. The first-order valence-corrected chi connectivity index (χ1v) is 9.75. The molecule has 0 fully saturated rings. The molecular weight excluding hydrogens is 465 g/mol. The molecule has 0 radical (unpaired) electrons. The van der Waals surface area contributed by atoms with Gasteiger partial charge in [-0.05, 0) is 17.9 Å². The Morgan fingerprint density at radius 3 is 2.61 bits per heavy atom. The molecule has 156 valence electrons. The molecule has 0 saturated carbocycles. The minimum absolute atomic E-state index is 0. The van der Waals surface area contributed by atoms with E-state index in [4.69, 9.17) is 4.74 Å². The Morgan fingerprint density at radius 1 is 1.14 bits per heavy atom. The average Bonchev–Trinajstić information content (AvgIpc) is 3.10. The number of nitrogens with zero attached hydrogens (tertiary/aromatic N) is 3. The van der Waals surface area contributed by atoms with Crippen molar-refractivity contribution in [2.75, 3.05) is 33.4 Å². The van der Waals surface area contributed by atoms with E-state index in [1.807, 2.05) is 18.5 Å². The van der Waals surface area contributed by atoms with E-state index < -0.39 is 0 Å². The molecule has 0 aliphatic carbocycles. The summed E-state index contributed by atoms with van der Waals surface area (Å²) < 4.78 is 7.81. The van der Waals surface area contributed by atoms with E-state index in [9.17, 15) is 0 Å². The molecule has 2 N–H and O–H groups in total. The van der Waals surface area contributed by atoms with Crippen LogP contribution in [0.25, 0.3) is 0 Å². The van der Waals surface area contributed by atoms with Crippen molar-refractivity contribution in [3.8, 4) is 0 Å². The molecule has 0 saturated heterocycles. The number of rotatable bonds is 11. The second-order valence-corrected chi connectivity index (χ2v) is 6.93. The summed E-state index contributed by atoms with van der Waals surface area (Å²) in [6.07, 6.45) is 5.83. The fourth-order valence-corrected chi connectivity index (χ4v) is 2.67. The van der Waals surface area contributed by atoms with Gasteiger partial charge in [-0.3, -0.25) is 4.99 Å². The van der Waals surface area contributed by atoms with Gasteiger partial charge in [0, 0.05) is 52.1 Å². The molecule has 0 bridgehead atoms. The lowest BCUT2D eigenvalue weighted by atomic mass is 10.1. The number of aromatic nitrogens is 2. The molecule has 0 aliphatic rings. The summed E-state index contributed by atoms with van der Waals surface area (Å²) in [4.78, 5) is 8.74. The Labute approximate surface area is 186 Å². The summed E-state index contributed by atoms with van der Waals surface area (Å²) in [7, 11) is 1.78. The molecule has 0 unspecified atom stereocenters. The SMILES string of the molecule is CN=C(NCCOCCC(C)C)NCCc1nccn1Cc1ccccc1.I. The average molecular weight is 499 g/mol. The van der Waals surface area contributed by atoms with Crippen molar-refractivity contribution in [1.29, 1.82) is 0 Å². The summed E-state index contributed by atoms with van der Waals surface area (Å²) in [5, 5.41) is 6.62. The number of guanidine groups is 1. The fraction of sp³-hybridized carbons (Fsp3) is 0.524. The summed E-state index contributed by atoms with van der Waals surface area (Å²) in [5.41, 5.74) is 1.28. The number of nitrogens with one attached hydrogen (secondary N) is 2. The first kappa shape index (κ1) is 24.4. The van der Waals surface area contributed by atoms with Crippen LogP contribution in [0.1, 0.15) is 31.7 Å². The first-order chi connectivity index (χ1) is 13.2. The van der Waals surface area contributed by atoms with Gasteiger partial charge in [0.25, 0.3) is 0 Å². The maximum absolute atomic E-state index is 5.62. The maximum atomic E-state index is 5.62. The van der Waals surface area contributed by atoms with Crippen LogP contribution in [0.5, 0.6) is 0 Å². The molecule has 28 heavy (non-hydrogen) atoms. The van der Waals surface area contributed by atoms with Gasteiger partial charge in [0.1, 0.15) is 5.82 Å². The van der Waals surface area contributed by atoms with Crippen LogP contribution in [0.4, 0.5) is 0 Å². The minimum Gasteiger partial charge on any atom is -0.380 e. The van der Waals surface area contributed by atoms with E-state index in [1.54, 1.807) is 7.05 Å². The zero-order valence-electron chi connectivity index (χ0n) is 17.2. The molecule has 7 heteroatoms. The Kier molecular flexibility index (Phi) is 12.6. The van der Waals surface area contributed by atoms with Crippen molar-refractivity contribution in [2.24, 2.45) is 10.9 Å². The van der Waals surface area contributed by atoms with E-state index in [0.717, 1.165) is 50.9 Å². The zero-order valence-corrected chi connectivity index (χ0v) is 19.6. The molecule has 1 aromatic carbocycles. The quantitative estimate of drug-likeness (QED) is 0.216. The van der Waals surface area contributed by atoms with Gasteiger partial charge in [-0.2, -0.15) is 0 Å². The predicted octanol–water partition coefficient (Wildman–Crippen LogP) is 3.32. The van der Waals surface area contributed by atoms with Gasteiger partial charge in [-0.25, -0.2) is 4.98 Å². The highest BCUT2D eigenvalue weighted by molar-refractivity contribution is 14.0. The number of benzene rings is 1. The van der Waals surface area contributed by atoms with Gasteiger partial charge in [0.2, 0.25) is 0 Å². The second kappa shape index (κ2) is 14.4. The highest BCUT2D eigenvalue weighted by Crippen LogP contribution is 2.05. The standard InChI is InChI=1S/C21H33N5O.HI/c1-18(2)10-15-27-16-13-25-21(22-3)24-11-9-20-23-12-14-26(20)17-19-7-5-4-6-8-19;/h4-8,12,14,18H,9-11,13,15-17H2,1-3H3,(H2,22,24,25);1H. The van der Waals surface area contributed by atoms with Crippen molar-refractivity contribution >= 4 is 29.9 Å². The van der Waals surface area contributed by atoms with Gasteiger partial charge >= 0.3 is 0 Å². The Balaban J connectivity index is 0.00000392. The summed E-state index contributed by atoms with van der Waals surface area (Å²) >= 11 is 0. The second-order valence-electron chi connectivity index (χ2n) is 6.93. The van der Waals surface area contributed by atoms with Crippen molar-refractivity contribution < 1.29 is 4.74 Å². The van der Waals surface area contributed by atoms with Crippen LogP contribution in [-0.4, -0.2) is 48.9 Å². The highest BCUT2D eigenvalue weighted by Gasteiger charge is 2.04. The van der Waals surface area contributed by atoms with E-state index >= 15 is 0 Å². The summed E-state index contributed by atoms with van der Waals surface area (Å²) in [6.45, 7) is 8.29. The number of imidazole rings is 1. The molecule has 2 aromatic rings. The molecule has 0 amide bonds. The van der Waals surface area contributed by atoms with E-state index in [-0.39, 0.29) is 24.0 Å². The fourth-order valence-electron chi connectivity index (χ4n) is 2.67. The molecule has 0 atom stereocenters. The lowest BCUT2D eigenvalue weighted by molar-refractivity contribution is 0.128. The Bertz CT molecular complexity index is 672. The summed E-state index contributed by atoms with van der Waals surface area (Å²) in [5.74, 6) is 2.55. The van der Waals surface area contributed by atoms with Crippen LogP contribution in [-0.2, 0) is 17.7 Å². The molecule has 1 heterocycles. The first-order valence-electron chi connectivity index (χ1n) is 9.75. The molecule has 6 nitrogen and oxygen atoms in total. The number of ether oxygens (including phenoxy) is 1. The summed E-state index contributed by atoms with van der Waals surface area (Å²) in [6, 6.07) is 10.4. The number of hydrogen-bond acceptors (Lipinski definition) is 3. The Hall–Kier alpha value is -1.61. The molecule has 0 aliphatic heterocycles. The third-order valence-corrected chi connectivity index (χ3v) is 4.24. The lowest BCUT2D eigenvalue weighted by Gasteiger charge is -2.13. The van der Waals surface area contributed by atoms with Gasteiger partial charge in [0.15, 0.2) is 5.96 Å². The van der Waals surface area contributed by atoms with E-state index in [0.29, 0.717) is 12.5 Å². The van der Waals surface area contributed by atoms with Crippen LogP contribution in [0.3, 0.4) is 0 Å². The van der Waals surface area contributed by atoms with Crippen LogP contribution in [0.15, 0.2) is 47.7 Å². The van der Waals surface area contributed by atoms with E-state index in [1.165, 1.54) is 5.56 Å². The number of aliphatic imine (C=N–C) groups is 1. The van der Waals surface area contributed by atoms with Crippen molar-refractivity contribution in [3.05, 3.63) is 54.1 Å². The van der Waals surface area contributed by atoms with Gasteiger partial charge in [-0.15, -0.1) is 24.0 Å². The molecule has 0 spiro atoms. The Morgan fingerprint density at radius 2 is 1.89 bits per heavy atom. The van der Waals surface area contributed by atoms with Gasteiger partial charge in [0.05, 0.1) is 6.61 Å². The van der Waals surface area contributed by atoms with Crippen LogP contribution >= 0.6 is 24.0 Å². The van der Waals surface area contributed by atoms with Crippen LogP contribution < -0.4 is 10.6 Å². The topological polar surface area (TPSA) is 63.5 Å². The predicted molar refractivity (Wildman–Crippen MR) is 127 cm³/mol. The van der Waals surface area contributed by atoms with Crippen LogP contribution in [0.2, 0.25) is 0 Å². The smallest absolute Gasteiger partial charge is 0.191 e. The maximum Gasteiger partial charge on any atom is 0.191 e. The van der Waals surface area contributed by atoms with Gasteiger partial charge in [-0.1, -0.05) is 44.2 Å². The van der Waals surface area contributed by atoms with Crippen molar-refractivity contribution in [1.82, 2.24) is 20.2 Å². The number of halogens is 1. The largest absolute Gasteiger partial charge is 0.380 e. The van der Waals surface area contributed by atoms with Crippen LogP contribution in [0, 0.1) is 5.92 Å². The zero-order chi connectivity index (χ0) is 19.3. The highest BCUT2D eigenvalue weighted by atomic mass is 127. The molecule has 2 rings (SSSR count). The van der Waals surface area contributed by atoms with Gasteiger partial charge < -0.3 is 19.9 Å². The third-order valence-electron chi connectivity index (χ3n) is 4.24. The van der Waals surface area contributed by atoms with Crippen molar-refractivity contribution in [3.63, 3.8) is 0 Å². The molecule has 1 aromatic heterocycles.